The predicted molar refractivity (Wildman–Crippen MR) is 121 cm³/mol. The van der Waals surface area contributed by atoms with Crippen LogP contribution in [0.5, 0.6) is 0 Å². The first-order valence-corrected chi connectivity index (χ1v) is 10.7. The van der Waals surface area contributed by atoms with Crippen molar-refractivity contribution < 1.29 is 24.2 Å². The van der Waals surface area contributed by atoms with Crippen LogP contribution in [-0.2, 0) is 9.53 Å². The number of anilines is 1. The van der Waals surface area contributed by atoms with Gasteiger partial charge in [0.2, 0.25) is 0 Å². The largest absolute Gasteiger partial charge is 0.481 e. The molecule has 1 aromatic heterocycles. The third-order valence-corrected chi connectivity index (χ3v) is 5.65. The third-order valence-electron chi connectivity index (χ3n) is 5.65. The van der Waals surface area contributed by atoms with Gasteiger partial charge in [-0.3, -0.25) is 20.0 Å². The SMILES string of the molecule is CC[C@H](CC(=O)O)NC(=O)c1cc(NC(=O)OCC2c3ccccc3-c3ccccc32)n[nH]1. The Bertz CT molecular complexity index is 1140. The number of nitrogens with zero attached hydrogens (tertiary/aromatic N) is 1. The van der Waals surface area contributed by atoms with Gasteiger partial charge in [0.15, 0.2) is 5.82 Å². The van der Waals surface area contributed by atoms with Crippen molar-refractivity contribution in [2.75, 3.05) is 11.9 Å². The summed E-state index contributed by atoms with van der Waals surface area (Å²) in [4.78, 5) is 35.5. The first kappa shape index (κ1) is 22.1. The van der Waals surface area contributed by atoms with E-state index >= 15 is 0 Å². The quantitative estimate of drug-likeness (QED) is 0.415. The van der Waals surface area contributed by atoms with Crippen molar-refractivity contribution in [3.05, 3.63) is 71.4 Å². The molecule has 170 valence electrons. The number of carbonyl (C=O) groups excluding carboxylic acids is 2. The molecule has 0 aliphatic heterocycles. The Morgan fingerprint density at radius 3 is 2.33 bits per heavy atom. The molecule has 0 bridgehead atoms. The maximum atomic E-state index is 12.4. The molecule has 0 spiro atoms. The zero-order valence-corrected chi connectivity index (χ0v) is 18.0. The number of carbonyl (C=O) groups is 3. The Morgan fingerprint density at radius 1 is 1.09 bits per heavy atom. The van der Waals surface area contributed by atoms with Crippen LogP contribution in [0.1, 0.15) is 47.3 Å². The summed E-state index contributed by atoms with van der Waals surface area (Å²) >= 11 is 0. The maximum Gasteiger partial charge on any atom is 0.412 e. The number of aliphatic carboxylic acids is 1. The molecule has 0 radical (unpaired) electrons. The first-order chi connectivity index (χ1) is 16.0. The fourth-order valence-electron chi connectivity index (χ4n) is 4.01. The van der Waals surface area contributed by atoms with E-state index < -0.39 is 24.0 Å². The van der Waals surface area contributed by atoms with Crippen molar-refractivity contribution in [1.82, 2.24) is 15.5 Å². The van der Waals surface area contributed by atoms with E-state index in [2.05, 4.69) is 33.0 Å². The van der Waals surface area contributed by atoms with Crippen molar-refractivity contribution in [1.29, 1.82) is 0 Å². The lowest BCUT2D eigenvalue weighted by molar-refractivity contribution is -0.137. The number of aromatic nitrogens is 2. The number of amides is 2. The Labute approximate surface area is 190 Å². The van der Waals surface area contributed by atoms with E-state index in [4.69, 9.17) is 9.84 Å². The predicted octanol–water partition coefficient (Wildman–Crippen LogP) is 3.75. The average Bonchev–Trinajstić information content (AvgIpc) is 3.39. The Morgan fingerprint density at radius 2 is 1.73 bits per heavy atom. The van der Waals surface area contributed by atoms with Gasteiger partial charge in [0.05, 0.1) is 6.42 Å². The molecule has 0 unspecified atom stereocenters. The van der Waals surface area contributed by atoms with Crippen LogP contribution in [0.25, 0.3) is 11.1 Å². The monoisotopic (exact) mass is 448 g/mol. The second-order valence-corrected chi connectivity index (χ2v) is 7.79. The molecule has 2 amide bonds. The number of H-pyrrole nitrogens is 1. The van der Waals surface area contributed by atoms with Gasteiger partial charge in [-0.15, -0.1) is 0 Å². The van der Waals surface area contributed by atoms with Crippen LogP contribution in [0.15, 0.2) is 54.6 Å². The van der Waals surface area contributed by atoms with E-state index in [1.807, 2.05) is 36.4 Å². The van der Waals surface area contributed by atoms with E-state index in [0.717, 1.165) is 22.3 Å². The molecule has 0 fully saturated rings. The lowest BCUT2D eigenvalue weighted by Gasteiger charge is -2.14. The number of carboxylic acid groups (broad SMARTS) is 1. The standard InChI is InChI=1S/C24H24N4O5/c1-2-14(11-22(29)30)25-23(31)20-12-21(28-27-20)26-24(32)33-13-19-17-9-5-3-7-15(17)16-8-4-6-10-18(16)19/h3-10,12,14,19H,2,11,13H2,1H3,(H,25,31)(H,29,30)(H2,26,27,28,32)/t14-/m1/s1. The Balaban J connectivity index is 1.35. The van der Waals surface area contributed by atoms with E-state index in [0.29, 0.717) is 6.42 Å². The minimum Gasteiger partial charge on any atom is -0.481 e. The van der Waals surface area contributed by atoms with Gasteiger partial charge in [0.1, 0.15) is 12.3 Å². The number of fused-ring (bicyclic) bond motifs is 3. The summed E-state index contributed by atoms with van der Waals surface area (Å²) in [6.07, 6.45) is -0.397. The molecular formula is C24H24N4O5. The highest BCUT2D eigenvalue weighted by atomic mass is 16.5. The summed E-state index contributed by atoms with van der Waals surface area (Å²) in [5, 5.41) is 20.5. The number of benzene rings is 2. The smallest absolute Gasteiger partial charge is 0.412 e. The molecule has 3 aromatic rings. The molecule has 1 aliphatic carbocycles. The number of aromatic amines is 1. The zero-order valence-electron chi connectivity index (χ0n) is 18.0. The zero-order chi connectivity index (χ0) is 23.4. The molecule has 9 nitrogen and oxygen atoms in total. The summed E-state index contributed by atoms with van der Waals surface area (Å²) in [5.41, 5.74) is 4.60. The molecule has 1 atom stereocenters. The Kier molecular flexibility index (Phi) is 6.39. The minimum atomic E-state index is -0.996. The summed E-state index contributed by atoms with van der Waals surface area (Å²) in [5.74, 6) is -1.44. The maximum absolute atomic E-state index is 12.4. The van der Waals surface area contributed by atoms with Crippen LogP contribution in [-0.4, -0.2) is 45.9 Å². The second-order valence-electron chi connectivity index (χ2n) is 7.79. The van der Waals surface area contributed by atoms with Crippen LogP contribution >= 0.6 is 0 Å². The number of ether oxygens (including phenoxy) is 1. The molecule has 1 aliphatic rings. The highest BCUT2D eigenvalue weighted by molar-refractivity contribution is 5.94. The second kappa shape index (κ2) is 9.56. The molecule has 4 rings (SSSR count). The molecule has 1 heterocycles. The summed E-state index contributed by atoms with van der Waals surface area (Å²) < 4.78 is 5.47. The van der Waals surface area contributed by atoms with Crippen LogP contribution < -0.4 is 10.6 Å². The van der Waals surface area contributed by atoms with Crippen molar-refractivity contribution >= 4 is 23.8 Å². The number of carboxylic acids is 1. The molecule has 0 saturated heterocycles. The van der Waals surface area contributed by atoms with Crippen LogP contribution in [0.3, 0.4) is 0 Å². The average molecular weight is 448 g/mol. The first-order valence-electron chi connectivity index (χ1n) is 10.7. The number of nitrogens with one attached hydrogen (secondary N) is 3. The van der Waals surface area contributed by atoms with Crippen molar-refractivity contribution in [2.45, 2.75) is 31.7 Å². The van der Waals surface area contributed by atoms with E-state index in [1.54, 1.807) is 6.92 Å². The van der Waals surface area contributed by atoms with Crippen molar-refractivity contribution in [2.24, 2.45) is 0 Å². The summed E-state index contributed by atoms with van der Waals surface area (Å²) in [7, 11) is 0. The number of rotatable bonds is 8. The minimum absolute atomic E-state index is 0.0658. The lowest BCUT2D eigenvalue weighted by Crippen LogP contribution is -2.36. The molecule has 4 N–H and O–H groups in total. The highest BCUT2D eigenvalue weighted by Gasteiger charge is 2.29. The van der Waals surface area contributed by atoms with Gasteiger partial charge in [0, 0.05) is 18.0 Å². The summed E-state index contributed by atoms with van der Waals surface area (Å²) in [6, 6.07) is 17.0. The Hall–Kier alpha value is -4.14. The van der Waals surface area contributed by atoms with Crippen LogP contribution in [0.2, 0.25) is 0 Å². The van der Waals surface area contributed by atoms with Gasteiger partial charge in [0.25, 0.3) is 5.91 Å². The van der Waals surface area contributed by atoms with Gasteiger partial charge >= 0.3 is 12.1 Å². The van der Waals surface area contributed by atoms with Gasteiger partial charge in [-0.1, -0.05) is 55.5 Å². The molecule has 9 heteroatoms. The number of hydrogen-bond acceptors (Lipinski definition) is 5. The lowest BCUT2D eigenvalue weighted by atomic mass is 9.98. The fraction of sp³-hybridized carbons (Fsp3) is 0.250. The normalized spacial score (nSPS) is 13.0. The van der Waals surface area contributed by atoms with Crippen molar-refractivity contribution in [3.63, 3.8) is 0 Å². The summed E-state index contributed by atoms with van der Waals surface area (Å²) in [6.45, 7) is 1.94. The molecule has 0 saturated carbocycles. The van der Waals surface area contributed by atoms with E-state index in [9.17, 15) is 14.4 Å². The third kappa shape index (κ3) is 4.87. The number of hydrogen-bond donors (Lipinski definition) is 4. The molecule has 33 heavy (non-hydrogen) atoms. The van der Waals surface area contributed by atoms with Gasteiger partial charge < -0.3 is 15.2 Å². The van der Waals surface area contributed by atoms with Crippen LogP contribution in [0, 0.1) is 0 Å². The van der Waals surface area contributed by atoms with Gasteiger partial charge in [-0.25, -0.2) is 4.79 Å². The topological polar surface area (TPSA) is 133 Å². The van der Waals surface area contributed by atoms with Crippen molar-refractivity contribution in [3.8, 4) is 11.1 Å². The van der Waals surface area contributed by atoms with E-state index in [1.165, 1.54) is 6.07 Å². The van der Waals surface area contributed by atoms with Gasteiger partial charge in [-0.2, -0.15) is 5.10 Å². The molecule has 2 aromatic carbocycles. The van der Waals surface area contributed by atoms with E-state index in [-0.39, 0.29) is 30.5 Å². The highest BCUT2D eigenvalue weighted by Crippen LogP contribution is 2.44. The van der Waals surface area contributed by atoms with Gasteiger partial charge in [-0.05, 0) is 28.7 Å². The fourth-order valence-corrected chi connectivity index (χ4v) is 4.01. The molecular weight excluding hydrogens is 424 g/mol. The van der Waals surface area contributed by atoms with Crippen LogP contribution in [0.4, 0.5) is 10.6 Å².